The fraction of sp³-hybridized carbons (Fsp3) is 0.182. The lowest BCUT2D eigenvalue weighted by Gasteiger charge is -2.09. The van der Waals surface area contributed by atoms with Gasteiger partial charge in [0, 0.05) is 11.1 Å². The Bertz CT molecular complexity index is 1130. The molecule has 2 aromatic carbocycles. The summed E-state index contributed by atoms with van der Waals surface area (Å²) in [5, 5.41) is 8.90. The number of thiazole rings is 1. The van der Waals surface area contributed by atoms with E-state index in [0.29, 0.717) is 16.5 Å². The van der Waals surface area contributed by atoms with E-state index in [0.717, 1.165) is 21.7 Å². The van der Waals surface area contributed by atoms with Crippen LogP contribution < -0.4 is 0 Å². The minimum atomic E-state index is -0.680. The molecule has 7 heteroatoms. The van der Waals surface area contributed by atoms with Crippen LogP contribution in [0.4, 0.5) is 0 Å². The van der Waals surface area contributed by atoms with Gasteiger partial charge in [0.15, 0.2) is 6.10 Å². The van der Waals surface area contributed by atoms with Crippen molar-refractivity contribution >= 4 is 17.3 Å². The highest BCUT2D eigenvalue weighted by molar-refractivity contribution is 7.14. The monoisotopic (exact) mass is 405 g/mol. The molecule has 0 aliphatic heterocycles. The third-order valence-corrected chi connectivity index (χ3v) is 5.29. The zero-order chi connectivity index (χ0) is 20.4. The molecule has 2 heterocycles. The number of hydrogen-bond acceptors (Lipinski definition) is 7. The topological polar surface area (TPSA) is 78.1 Å². The van der Waals surface area contributed by atoms with Crippen molar-refractivity contribution in [3.05, 3.63) is 75.9 Å². The molecule has 2 aromatic heterocycles. The Labute approximate surface area is 172 Å². The van der Waals surface area contributed by atoms with E-state index in [1.165, 1.54) is 11.3 Å². The van der Waals surface area contributed by atoms with Crippen LogP contribution in [0.3, 0.4) is 0 Å². The highest BCUT2D eigenvalue weighted by Gasteiger charge is 2.24. The zero-order valence-corrected chi connectivity index (χ0v) is 17.1. The van der Waals surface area contributed by atoms with Gasteiger partial charge < -0.3 is 9.15 Å². The Morgan fingerprint density at radius 1 is 1.00 bits per heavy atom. The summed E-state index contributed by atoms with van der Waals surface area (Å²) < 4.78 is 11.3. The average Bonchev–Trinajstić information content (AvgIpc) is 3.36. The Balaban J connectivity index is 1.53. The average molecular weight is 405 g/mol. The van der Waals surface area contributed by atoms with Gasteiger partial charge in [-0.25, -0.2) is 9.78 Å². The molecule has 4 rings (SSSR count). The summed E-state index contributed by atoms with van der Waals surface area (Å²) in [7, 11) is 0. The molecule has 0 bridgehead atoms. The van der Waals surface area contributed by atoms with Gasteiger partial charge in [0.25, 0.3) is 5.89 Å². The highest BCUT2D eigenvalue weighted by Crippen LogP contribution is 2.30. The Morgan fingerprint density at radius 3 is 2.45 bits per heavy atom. The molecule has 0 N–H and O–H groups in total. The van der Waals surface area contributed by atoms with Crippen molar-refractivity contribution in [3.8, 4) is 22.7 Å². The van der Waals surface area contributed by atoms with Gasteiger partial charge >= 0.3 is 5.97 Å². The summed E-state index contributed by atoms with van der Waals surface area (Å²) in [5.74, 6) is 0.176. The molecule has 0 amide bonds. The normalized spacial score (nSPS) is 12.0. The first-order valence-electron chi connectivity index (χ1n) is 9.15. The molecule has 4 aromatic rings. The van der Waals surface area contributed by atoms with Crippen LogP contribution in [0.25, 0.3) is 22.7 Å². The molecular formula is C22H19N3O3S. The number of carbonyl (C=O) groups excluding carboxylic acids is 1. The van der Waals surface area contributed by atoms with Crippen LogP contribution in [0.5, 0.6) is 0 Å². The second-order valence-electron chi connectivity index (χ2n) is 6.64. The van der Waals surface area contributed by atoms with E-state index in [-0.39, 0.29) is 5.89 Å². The van der Waals surface area contributed by atoms with Crippen LogP contribution in [0.15, 0.2) is 59.0 Å². The number of hydrogen-bond donors (Lipinski definition) is 0. The fourth-order valence-electron chi connectivity index (χ4n) is 2.83. The van der Waals surface area contributed by atoms with Crippen LogP contribution >= 0.6 is 11.3 Å². The van der Waals surface area contributed by atoms with Crippen molar-refractivity contribution in [3.63, 3.8) is 0 Å². The minimum absolute atomic E-state index is 0.247. The molecule has 0 aliphatic rings. The molecule has 6 nitrogen and oxygen atoms in total. The van der Waals surface area contributed by atoms with Gasteiger partial charge in [0.2, 0.25) is 5.89 Å². The summed E-state index contributed by atoms with van der Waals surface area (Å²) in [5.41, 5.74) is 3.45. The first kappa shape index (κ1) is 19.0. The first-order valence-corrected chi connectivity index (χ1v) is 9.97. The summed E-state index contributed by atoms with van der Waals surface area (Å²) in [6, 6.07) is 17.3. The second-order valence-corrected chi connectivity index (χ2v) is 7.84. The number of rotatable bonds is 5. The highest BCUT2D eigenvalue weighted by atomic mass is 32.1. The van der Waals surface area contributed by atoms with E-state index >= 15 is 0 Å². The van der Waals surface area contributed by atoms with E-state index < -0.39 is 12.1 Å². The van der Waals surface area contributed by atoms with Gasteiger partial charge in [-0.1, -0.05) is 48.0 Å². The Kier molecular flexibility index (Phi) is 5.22. The largest absolute Gasteiger partial charge is 0.448 e. The van der Waals surface area contributed by atoms with Crippen LogP contribution in [-0.2, 0) is 4.74 Å². The van der Waals surface area contributed by atoms with Crippen molar-refractivity contribution in [1.82, 2.24) is 15.2 Å². The molecule has 146 valence electrons. The van der Waals surface area contributed by atoms with E-state index in [1.807, 2.05) is 68.4 Å². The van der Waals surface area contributed by atoms with Crippen molar-refractivity contribution in [2.45, 2.75) is 26.9 Å². The first-order chi connectivity index (χ1) is 14.0. The quantitative estimate of drug-likeness (QED) is 0.414. The fourth-order valence-corrected chi connectivity index (χ4v) is 3.66. The summed E-state index contributed by atoms with van der Waals surface area (Å²) in [4.78, 5) is 17.8. The third-order valence-electron chi connectivity index (χ3n) is 4.34. The number of aryl methyl sites for hydroxylation is 2. The molecule has 0 saturated carbocycles. The van der Waals surface area contributed by atoms with E-state index in [1.54, 1.807) is 6.92 Å². The van der Waals surface area contributed by atoms with E-state index in [9.17, 15) is 4.79 Å². The lowest BCUT2D eigenvalue weighted by atomic mass is 10.1. The molecule has 29 heavy (non-hydrogen) atoms. The van der Waals surface area contributed by atoms with Crippen molar-refractivity contribution in [2.24, 2.45) is 0 Å². The van der Waals surface area contributed by atoms with Gasteiger partial charge in [-0.05, 0) is 32.9 Å². The van der Waals surface area contributed by atoms with Crippen LogP contribution in [0.1, 0.15) is 39.2 Å². The van der Waals surface area contributed by atoms with Crippen LogP contribution in [0, 0.1) is 13.8 Å². The minimum Gasteiger partial charge on any atom is -0.448 e. The molecule has 0 unspecified atom stereocenters. The van der Waals surface area contributed by atoms with Gasteiger partial charge in [-0.15, -0.1) is 21.5 Å². The predicted molar refractivity (Wildman–Crippen MR) is 111 cm³/mol. The van der Waals surface area contributed by atoms with Crippen LogP contribution in [0.2, 0.25) is 0 Å². The molecule has 0 aliphatic carbocycles. The second kappa shape index (κ2) is 7.97. The SMILES string of the molecule is Cc1ccc(-c2nnc([C@@H](C)OC(=O)c3sc(C)nc3-c3ccccc3)o2)cc1. The maximum atomic E-state index is 12.8. The molecular weight excluding hydrogens is 386 g/mol. The van der Waals surface area contributed by atoms with Crippen molar-refractivity contribution in [1.29, 1.82) is 0 Å². The molecule has 0 saturated heterocycles. The molecule has 0 radical (unpaired) electrons. The Morgan fingerprint density at radius 2 is 1.72 bits per heavy atom. The number of esters is 1. The van der Waals surface area contributed by atoms with E-state index in [2.05, 4.69) is 15.2 Å². The molecule has 0 spiro atoms. The smallest absolute Gasteiger partial charge is 0.351 e. The summed E-state index contributed by atoms with van der Waals surface area (Å²) >= 11 is 1.31. The lowest BCUT2D eigenvalue weighted by molar-refractivity contribution is 0.0286. The lowest BCUT2D eigenvalue weighted by Crippen LogP contribution is -2.09. The molecule has 1 atom stereocenters. The number of aromatic nitrogens is 3. The maximum absolute atomic E-state index is 12.8. The number of ether oxygens (including phenoxy) is 1. The van der Waals surface area contributed by atoms with Gasteiger partial charge in [-0.3, -0.25) is 0 Å². The maximum Gasteiger partial charge on any atom is 0.351 e. The Hall–Kier alpha value is -3.32. The van der Waals surface area contributed by atoms with E-state index in [4.69, 9.17) is 9.15 Å². The van der Waals surface area contributed by atoms with Gasteiger partial charge in [-0.2, -0.15) is 0 Å². The van der Waals surface area contributed by atoms with Crippen molar-refractivity contribution < 1.29 is 13.9 Å². The van der Waals surface area contributed by atoms with Crippen LogP contribution in [-0.4, -0.2) is 21.2 Å². The predicted octanol–water partition coefficient (Wildman–Crippen LogP) is 5.39. The standard InChI is InChI=1S/C22H19N3O3S/c1-13-9-11-17(12-10-13)21-25-24-20(28-21)14(2)27-22(26)19-18(23-15(3)29-19)16-7-5-4-6-8-16/h4-12,14H,1-3H3/t14-/m1/s1. The third kappa shape index (κ3) is 4.09. The summed E-state index contributed by atoms with van der Waals surface area (Å²) in [6.07, 6.45) is -0.680. The van der Waals surface area contributed by atoms with Gasteiger partial charge in [0.1, 0.15) is 4.88 Å². The number of benzene rings is 2. The summed E-state index contributed by atoms with van der Waals surface area (Å²) in [6.45, 7) is 5.58. The van der Waals surface area contributed by atoms with Gasteiger partial charge in [0.05, 0.1) is 10.7 Å². The number of carbonyl (C=O) groups is 1. The zero-order valence-electron chi connectivity index (χ0n) is 16.2. The van der Waals surface area contributed by atoms with Crippen molar-refractivity contribution in [2.75, 3.05) is 0 Å². The number of nitrogens with zero attached hydrogens (tertiary/aromatic N) is 3. The molecule has 0 fully saturated rings.